The van der Waals surface area contributed by atoms with Crippen LogP contribution >= 0.6 is 0 Å². The second-order valence-electron chi connectivity index (χ2n) is 4.66. The second-order valence-corrected chi connectivity index (χ2v) is 4.66. The zero-order valence-electron chi connectivity index (χ0n) is 12.6. The van der Waals surface area contributed by atoms with Gasteiger partial charge in [0.15, 0.2) is 5.69 Å². The van der Waals surface area contributed by atoms with Crippen molar-refractivity contribution >= 4 is 22.6 Å². The van der Waals surface area contributed by atoms with Crippen molar-refractivity contribution < 1.29 is 9.53 Å². The highest BCUT2D eigenvalue weighted by Gasteiger charge is 2.21. The number of rotatable bonds is 6. The maximum atomic E-state index is 12.1. The lowest BCUT2D eigenvalue weighted by Crippen LogP contribution is -2.29. The van der Waals surface area contributed by atoms with Crippen molar-refractivity contribution in [3.8, 4) is 0 Å². The first-order chi connectivity index (χ1) is 10.2. The Bertz CT molecular complexity index is 630. The van der Waals surface area contributed by atoms with Crippen LogP contribution in [0.1, 0.15) is 17.4 Å². The number of likely N-dealkylation sites (N-methyl/N-ethyl adjacent to an activating group) is 2. The number of aromatic nitrogens is 2. The van der Waals surface area contributed by atoms with Crippen molar-refractivity contribution in [1.29, 1.82) is 0 Å². The van der Waals surface area contributed by atoms with E-state index in [9.17, 15) is 4.79 Å². The molecule has 0 aliphatic heterocycles. The summed E-state index contributed by atoms with van der Waals surface area (Å²) in [5.41, 5.74) is 1.78. The van der Waals surface area contributed by atoms with Crippen molar-refractivity contribution in [3.63, 3.8) is 0 Å². The molecule has 0 saturated heterocycles. The maximum absolute atomic E-state index is 12.1. The van der Waals surface area contributed by atoms with Crippen LogP contribution in [-0.4, -0.2) is 50.0 Å². The Morgan fingerprint density at radius 1 is 1.33 bits per heavy atom. The maximum Gasteiger partial charge on any atom is 0.361 e. The third kappa shape index (κ3) is 3.28. The van der Waals surface area contributed by atoms with E-state index < -0.39 is 5.97 Å². The van der Waals surface area contributed by atoms with Gasteiger partial charge in [0, 0.05) is 25.5 Å². The van der Waals surface area contributed by atoms with Crippen LogP contribution in [0.25, 0.3) is 10.9 Å². The van der Waals surface area contributed by atoms with Crippen LogP contribution in [-0.2, 0) is 4.74 Å². The lowest BCUT2D eigenvalue weighted by molar-refractivity contribution is 0.0519. The minimum atomic E-state index is -0.443. The standard InChI is InChI=1S/C15H20N4O2/c1-4-21-15(20)13-14(19(3)10-9-16-2)11-7-5-6-8-12(11)17-18-13/h5-8,16H,4,9-10H2,1-3H3. The average Bonchev–Trinajstić information content (AvgIpc) is 2.51. The zero-order chi connectivity index (χ0) is 15.2. The number of fused-ring (bicyclic) bond motifs is 1. The van der Waals surface area contributed by atoms with E-state index in [0.29, 0.717) is 6.61 Å². The number of carbonyl (C=O) groups excluding carboxylic acids is 1. The van der Waals surface area contributed by atoms with Gasteiger partial charge in [0.1, 0.15) is 0 Å². The summed E-state index contributed by atoms with van der Waals surface area (Å²) in [5, 5.41) is 12.2. The summed E-state index contributed by atoms with van der Waals surface area (Å²) in [6.45, 7) is 3.64. The van der Waals surface area contributed by atoms with Gasteiger partial charge in [-0.3, -0.25) is 0 Å². The first kappa shape index (κ1) is 15.2. The quantitative estimate of drug-likeness (QED) is 0.812. The molecule has 1 N–H and O–H groups in total. The predicted molar refractivity (Wildman–Crippen MR) is 82.7 cm³/mol. The molecule has 1 aromatic heterocycles. The molecule has 0 atom stereocenters. The van der Waals surface area contributed by atoms with Gasteiger partial charge in [0.25, 0.3) is 0 Å². The van der Waals surface area contributed by atoms with Crippen molar-refractivity contribution in [1.82, 2.24) is 15.5 Å². The van der Waals surface area contributed by atoms with Gasteiger partial charge in [-0.2, -0.15) is 0 Å². The minimum absolute atomic E-state index is 0.258. The molecule has 6 nitrogen and oxygen atoms in total. The molecule has 0 unspecified atom stereocenters. The van der Waals surface area contributed by atoms with E-state index in [4.69, 9.17) is 4.74 Å². The summed E-state index contributed by atoms with van der Waals surface area (Å²) in [5.74, 6) is -0.443. The Morgan fingerprint density at radius 2 is 2.10 bits per heavy atom. The molecule has 2 rings (SSSR count). The lowest BCUT2D eigenvalue weighted by atomic mass is 10.1. The van der Waals surface area contributed by atoms with E-state index in [0.717, 1.165) is 29.7 Å². The molecule has 0 amide bonds. The molecule has 0 fully saturated rings. The number of hydrogen-bond donors (Lipinski definition) is 1. The van der Waals surface area contributed by atoms with Gasteiger partial charge in [-0.1, -0.05) is 18.2 Å². The summed E-state index contributed by atoms with van der Waals surface area (Å²) < 4.78 is 5.09. The monoisotopic (exact) mass is 288 g/mol. The van der Waals surface area contributed by atoms with Crippen LogP contribution in [0, 0.1) is 0 Å². The van der Waals surface area contributed by atoms with Crippen LogP contribution in [0.3, 0.4) is 0 Å². The van der Waals surface area contributed by atoms with Crippen molar-refractivity contribution in [3.05, 3.63) is 30.0 Å². The smallest absolute Gasteiger partial charge is 0.361 e. The Labute approximate surface area is 124 Å². The highest BCUT2D eigenvalue weighted by molar-refractivity contribution is 6.03. The Morgan fingerprint density at radius 3 is 2.81 bits per heavy atom. The molecule has 0 spiro atoms. The number of nitrogens with one attached hydrogen (secondary N) is 1. The summed E-state index contributed by atoms with van der Waals surface area (Å²) in [6.07, 6.45) is 0. The number of anilines is 1. The molecule has 0 saturated carbocycles. The fourth-order valence-corrected chi connectivity index (χ4v) is 2.15. The third-order valence-electron chi connectivity index (χ3n) is 3.19. The number of esters is 1. The number of ether oxygens (including phenoxy) is 1. The van der Waals surface area contributed by atoms with Crippen LogP contribution < -0.4 is 10.2 Å². The van der Waals surface area contributed by atoms with E-state index >= 15 is 0 Å². The Balaban J connectivity index is 2.54. The molecule has 1 heterocycles. The molecule has 1 aromatic carbocycles. The Hall–Kier alpha value is -2.21. The molecule has 0 radical (unpaired) electrons. The first-order valence-electron chi connectivity index (χ1n) is 6.97. The van der Waals surface area contributed by atoms with Crippen LogP contribution in [0.5, 0.6) is 0 Å². The summed E-state index contributed by atoms with van der Waals surface area (Å²) in [6, 6.07) is 7.65. The number of nitrogens with zero attached hydrogens (tertiary/aromatic N) is 3. The molecule has 6 heteroatoms. The van der Waals surface area contributed by atoms with E-state index in [1.165, 1.54) is 0 Å². The average molecular weight is 288 g/mol. The van der Waals surface area contributed by atoms with Crippen LogP contribution in [0.15, 0.2) is 24.3 Å². The van der Waals surface area contributed by atoms with Crippen LogP contribution in [0.4, 0.5) is 5.69 Å². The lowest BCUT2D eigenvalue weighted by Gasteiger charge is -2.22. The number of carbonyl (C=O) groups is 1. The topological polar surface area (TPSA) is 67.3 Å². The fraction of sp³-hybridized carbons (Fsp3) is 0.400. The van der Waals surface area contributed by atoms with Gasteiger partial charge >= 0.3 is 5.97 Å². The summed E-state index contributed by atoms with van der Waals surface area (Å²) in [7, 11) is 3.83. The predicted octanol–water partition coefficient (Wildman–Crippen LogP) is 1.46. The third-order valence-corrected chi connectivity index (χ3v) is 3.19. The van der Waals surface area contributed by atoms with Gasteiger partial charge in [-0.25, -0.2) is 4.79 Å². The second kappa shape index (κ2) is 6.99. The van der Waals surface area contributed by atoms with Gasteiger partial charge < -0.3 is 15.0 Å². The highest BCUT2D eigenvalue weighted by Crippen LogP contribution is 2.27. The molecular weight excluding hydrogens is 268 g/mol. The van der Waals surface area contributed by atoms with E-state index in [1.54, 1.807) is 6.92 Å². The van der Waals surface area contributed by atoms with Gasteiger partial charge in [-0.15, -0.1) is 10.2 Å². The van der Waals surface area contributed by atoms with Crippen molar-refractivity contribution in [2.75, 3.05) is 38.7 Å². The van der Waals surface area contributed by atoms with Crippen LogP contribution in [0.2, 0.25) is 0 Å². The number of benzene rings is 1. The van der Waals surface area contributed by atoms with Crippen molar-refractivity contribution in [2.45, 2.75) is 6.92 Å². The summed E-state index contributed by atoms with van der Waals surface area (Å²) >= 11 is 0. The Kier molecular flexibility index (Phi) is 5.05. The summed E-state index contributed by atoms with van der Waals surface area (Å²) in [4.78, 5) is 14.1. The van der Waals surface area contributed by atoms with Gasteiger partial charge in [0.05, 0.1) is 17.8 Å². The van der Waals surface area contributed by atoms with Gasteiger partial charge in [0.2, 0.25) is 0 Å². The molecule has 0 bridgehead atoms. The normalized spacial score (nSPS) is 10.6. The SMILES string of the molecule is CCOC(=O)c1nnc2ccccc2c1N(C)CCNC. The molecule has 112 valence electrons. The van der Waals surface area contributed by atoms with Crippen molar-refractivity contribution in [2.24, 2.45) is 0 Å². The number of hydrogen-bond acceptors (Lipinski definition) is 6. The van der Waals surface area contributed by atoms with E-state index in [2.05, 4.69) is 15.5 Å². The molecular formula is C15H20N4O2. The fourth-order valence-electron chi connectivity index (χ4n) is 2.15. The highest BCUT2D eigenvalue weighted by atomic mass is 16.5. The van der Waals surface area contributed by atoms with E-state index in [1.807, 2.05) is 43.3 Å². The molecule has 0 aliphatic carbocycles. The zero-order valence-corrected chi connectivity index (χ0v) is 12.6. The molecule has 2 aromatic rings. The largest absolute Gasteiger partial charge is 0.461 e. The minimum Gasteiger partial charge on any atom is -0.461 e. The van der Waals surface area contributed by atoms with E-state index in [-0.39, 0.29) is 5.69 Å². The van der Waals surface area contributed by atoms with Gasteiger partial charge in [-0.05, 0) is 20.0 Å². The first-order valence-corrected chi connectivity index (χ1v) is 6.97. The molecule has 21 heavy (non-hydrogen) atoms. The molecule has 0 aliphatic rings.